The molecule has 5 nitrogen and oxygen atoms in total. The van der Waals surface area contributed by atoms with Crippen molar-refractivity contribution in [3.8, 4) is 0 Å². The summed E-state index contributed by atoms with van der Waals surface area (Å²) >= 11 is 1.55. The molecule has 0 saturated heterocycles. The first-order valence-electron chi connectivity index (χ1n) is 7.99. The van der Waals surface area contributed by atoms with Crippen LogP contribution in [0, 0.1) is 13.8 Å². The zero-order valence-electron chi connectivity index (χ0n) is 14.5. The van der Waals surface area contributed by atoms with E-state index in [4.69, 9.17) is 4.98 Å². The number of carbonyl (C=O) groups is 1. The molecular weight excluding hydrogens is 322 g/mol. The number of anilines is 1. The summed E-state index contributed by atoms with van der Waals surface area (Å²) in [5, 5.41) is 11.5. The molecule has 1 aromatic carbocycles. The molecule has 0 fully saturated rings. The Bertz CT molecular complexity index is 713. The van der Waals surface area contributed by atoms with Crippen LogP contribution in [0.15, 0.2) is 29.4 Å². The number of thioether (sulfide) groups is 1. The number of aryl methyl sites for hydroxylation is 1. The van der Waals surface area contributed by atoms with Crippen LogP contribution < -0.4 is 10.0 Å². The van der Waals surface area contributed by atoms with E-state index >= 15 is 0 Å². The molecule has 2 rings (SSSR count). The molecule has 0 bridgehead atoms. The first kappa shape index (κ1) is 18.3. The van der Waals surface area contributed by atoms with Gasteiger partial charge in [0.1, 0.15) is 5.82 Å². The highest BCUT2D eigenvalue weighted by Crippen LogP contribution is 2.26. The minimum absolute atomic E-state index is 0.190. The van der Waals surface area contributed by atoms with E-state index in [1.807, 2.05) is 6.92 Å². The van der Waals surface area contributed by atoms with Gasteiger partial charge in [-0.15, -0.1) is 0 Å². The van der Waals surface area contributed by atoms with Crippen molar-refractivity contribution in [2.75, 3.05) is 18.0 Å². The van der Waals surface area contributed by atoms with Crippen LogP contribution in [-0.4, -0.2) is 29.0 Å². The average molecular weight is 344 g/mol. The Kier molecular flexibility index (Phi) is 6.20. The standard InChI is InChI=1S/C18H23N3O2S/c1-5-21(6-2)16-12(3)13(4)19-18(20-16)24-11-14-7-9-15(10-8-14)17(22)23/h7-10H,5-6,11H2,1-4H3,(H,22,23)/p-1. The van der Waals surface area contributed by atoms with Gasteiger partial charge in [0.15, 0.2) is 5.16 Å². The Balaban J connectivity index is 2.16. The summed E-state index contributed by atoms with van der Waals surface area (Å²) in [6.07, 6.45) is 0. The Morgan fingerprint density at radius 1 is 1.12 bits per heavy atom. The van der Waals surface area contributed by atoms with Crippen molar-refractivity contribution in [3.05, 3.63) is 46.6 Å². The smallest absolute Gasteiger partial charge is 0.190 e. The number of nitrogens with zero attached hydrogens (tertiary/aromatic N) is 3. The van der Waals surface area contributed by atoms with Gasteiger partial charge in [0, 0.05) is 30.1 Å². The van der Waals surface area contributed by atoms with Gasteiger partial charge in [0.2, 0.25) is 0 Å². The van der Waals surface area contributed by atoms with Crippen molar-refractivity contribution >= 4 is 23.5 Å². The van der Waals surface area contributed by atoms with Crippen molar-refractivity contribution in [1.82, 2.24) is 9.97 Å². The predicted octanol–water partition coefficient (Wildman–Crippen LogP) is 2.60. The van der Waals surface area contributed by atoms with E-state index in [1.165, 1.54) is 0 Å². The van der Waals surface area contributed by atoms with E-state index in [-0.39, 0.29) is 5.56 Å². The molecule has 0 aliphatic heterocycles. The van der Waals surface area contributed by atoms with Gasteiger partial charge in [0.25, 0.3) is 0 Å². The fourth-order valence-electron chi connectivity index (χ4n) is 2.37. The Morgan fingerprint density at radius 3 is 2.29 bits per heavy atom. The summed E-state index contributed by atoms with van der Waals surface area (Å²) in [6, 6.07) is 6.72. The average Bonchev–Trinajstić information content (AvgIpc) is 2.58. The van der Waals surface area contributed by atoms with E-state index in [0.717, 1.165) is 40.9 Å². The number of aromatic nitrogens is 2. The number of carboxylic acids is 1. The van der Waals surface area contributed by atoms with Crippen molar-refractivity contribution in [3.63, 3.8) is 0 Å². The number of hydrogen-bond acceptors (Lipinski definition) is 6. The summed E-state index contributed by atoms with van der Waals surface area (Å²) in [5.41, 5.74) is 3.31. The second-order valence-corrected chi connectivity index (χ2v) is 6.43. The van der Waals surface area contributed by atoms with Gasteiger partial charge in [-0.05, 0) is 38.8 Å². The summed E-state index contributed by atoms with van der Waals surface area (Å²) in [4.78, 5) is 22.3. The van der Waals surface area contributed by atoms with Gasteiger partial charge in [-0.2, -0.15) is 0 Å². The van der Waals surface area contributed by atoms with Crippen LogP contribution in [0.3, 0.4) is 0 Å². The molecule has 0 aliphatic carbocycles. The zero-order chi connectivity index (χ0) is 17.7. The third kappa shape index (κ3) is 4.26. The van der Waals surface area contributed by atoms with Gasteiger partial charge in [0.05, 0.1) is 5.97 Å². The number of carbonyl (C=O) groups excluding carboxylic acids is 1. The zero-order valence-corrected chi connectivity index (χ0v) is 15.3. The predicted molar refractivity (Wildman–Crippen MR) is 95.4 cm³/mol. The normalized spacial score (nSPS) is 10.7. The number of carboxylic acid groups (broad SMARTS) is 1. The molecule has 0 radical (unpaired) electrons. The quantitative estimate of drug-likeness (QED) is 0.568. The molecule has 1 heterocycles. The summed E-state index contributed by atoms with van der Waals surface area (Å²) < 4.78 is 0. The van der Waals surface area contributed by atoms with Crippen LogP contribution in [0.25, 0.3) is 0 Å². The van der Waals surface area contributed by atoms with Crippen molar-refractivity contribution < 1.29 is 9.90 Å². The van der Waals surface area contributed by atoms with Crippen molar-refractivity contribution in [2.24, 2.45) is 0 Å². The minimum atomic E-state index is -1.16. The lowest BCUT2D eigenvalue weighted by Crippen LogP contribution is -2.24. The van der Waals surface area contributed by atoms with Gasteiger partial charge in [-0.3, -0.25) is 0 Å². The van der Waals surface area contributed by atoms with Crippen LogP contribution >= 0.6 is 11.8 Å². The lowest BCUT2D eigenvalue weighted by molar-refractivity contribution is -0.255. The maximum atomic E-state index is 10.8. The molecule has 24 heavy (non-hydrogen) atoms. The van der Waals surface area contributed by atoms with E-state index < -0.39 is 5.97 Å². The molecular formula is C18H22N3O2S-. The third-order valence-corrected chi connectivity index (χ3v) is 4.88. The van der Waals surface area contributed by atoms with Crippen molar-refractivity contribution in [2.45, 2.75) is 38.6 Å². The van der Waals surface area contributed by atoms with Crippen LogP contribution in [-0.2, 0) is 5.75 Å². The summed E-state index contributed by atoms with van der Waals surface area (Å²) in [7, 11) is 0. The van der Waals surface area contributed by atoms with E-state index in [0.29, 0.717) is 5.75 Å². The van der Waals surface area contributed by atoms with E-state index in [1.54, 1.807) is 36.0 Å². The summed E-state index contributed by atoms with van der Waals surface area (Å²) in [5.74, 6) is 0.519. The van der Waals surface area contributed by atoms with Gasteiger partial charge < -0.3 is 14.8 Å². The number of benzene rings is 1. The molecule has 0 atom stereocenters. The molecule has 0 aliphatic rings. The monoisotopic (exact) mass is 344 g/mol. The molecule has 0 saturated carbocycles. The lowest BCUT2D eigenvalue weighted by atomic mass is 10.1. The van der Waals surface area contributed by atoms with Gasteiger partial charge >= 0.3 is 0 Å². The van der Waals surface area contributed by atoms with Gasteiger partial charge in [-0.25, -0.2) is 9.97 Å². The Hall–Kier alpha value is -2.08. The van der Waals surface area contributed by atoms with Crippen LogP contribution in [0.1, 0.15) is 41.0 Å². The number of aromatic carboxylic acids is 1. The lowest BCUT2D eigenvalue weighted by Gasteiger charge is -2.23. The van der Waals surface area contributed by atoms with Crippen LogP contribution in [0.2, 0.25) is 0 Å². The third-order valence-electron chi connectivity index (χ3n) is 3.96. The first-order valence-corrected chi connectivity index (χ1v) is 8.98. The molecule has 0 N–H and O–H groups in total. The van der Waals surface area contributed by atoms with Gasteiger partial charge in [-0.1, -0.05) is 36.0 Å². The van der Waals surface area contributed by atoms with Crippen molar-refractivity contribution in [1.29, 1.82) is 0 Å². The van der Waals surface area contributed by atoms with E-state index in [9.17, 15) is 9.90 Å². The summed E-state index contributed by atoms with van der Waals surface area (Å²) in [6.45, 7) is 10.1. The van der Waals surface area contributed by atoms with Crippen LogP contribution in [0.5, 0.6) is 0 Å². The fraction of sp³-hybridized carbons (Fsp3) is 0.389. The molecule has 2 aromatic rings. The highest BCUT2D eigenvalue weighted by Gasteiger charge is 2.13. The highest BCUT2D eigenvalue weighted by molar-refractivity contribution is 7.98. The molecule has 6 heteroatoms. The Labute approximate surface area is 147 Å². The number of hydrogen-bond donors (Lipinski definition) is 0. The topological polar surface area (TPSA) is 69.2 Å². The molecule has 0 amide bonds. The first-order chi connectivity index (χ1) is 11.5. The molecule has 1 aromatic heterocycles. The maximum Gasteiger partial charge on any atom is 0.190 e. The maximum absolute atomic E-state index is 10.8. The molecule has 0 spiro atoms. The number of rotatable bonds is 7. The molecule has 128 valence electrons. The SMILES string of the molecule is CCN(CC)c1nc(SCc2ccc(C(=O)[O-])cc2)nc(C)c1C. The minimum Gasteiger partial charge on any atom is -0.545 e. The second kappa shape index (κ2) is 8.15. The largest absolute Gasteiger partial charge is 0.545 e. The van der Waals surface area contributed by atoms with E-state index in [2.05, 4.69) is 30.7 Å². The highest BCUT2D eigenvalue weighted by atomic mass is 32.2. The molecule has 0 unspecified atom stereocenters. The van der Waals surface area contributed by atoms with Crippen LogP contribution in [0.4, 0.5) is 5.82 Å². The fourth-order valence-corrected chi connectivity index (χ4v) is 3.21. The Morgan fingerprint density at radius 2 is 1.75 bits per heavy atom. The second-order valence-electron chi connectivity index (χ2n) is 5.49.